The van der Waals surface area contributed by atoms with Gasteiger partial charge in [0.25, 0.3) is 0 Å². The molecular weight excluding hydrogens is 194 g/mol. The fourth-order valence-corrected chi connectivity index (χ4v) is 1.64. The first-order valence-electron chi connectivity index (χ1n) is 3.91. The fourth-order valence-electron chi connectivity index (χ4n) is 1.41. The van der Waals surface area contributed by atoms with E-state index in [0.29, 0.717) is 6.33 Å². The topological polar surface area (TPSA) is 49.7 Å². The van der Waals surface area contributed by atoms with Crippen molar-refractivity contribution in [3.8, 4) is 0 Å². The molecule has 6 heteroatoms. The van der Waals surface area contributed by atoms with Crippen LogP contribution in [0.2, 0.25) is 0 Å². The van der Waals surface area contributed by atoms with Crippen LogP contribution in [0, 0.1) is 5.92 Å². The van der Waals surface area contributed by atoms with Gasteiger partial charge in [-0.15, -0.1) is 0 Å². The quantitative estimate of drug-likeness (QED) is 0.634. The molecule has 0 saturated carbocycles. The summed E-state index contributed by atoms with van der Waals surface area (Å²) in [5.41, 5.74) is 0. The van der Waals surface area contributed by atoms with Crippen LogP contribution in [-0.2, 0) is 4.74 Å². The van der Waals surface area contributed by atoms with Gasteiger partial charge in [-0.25, -0.2) is 0 Å². The molecule has 0 aromatic rings. The summed E-state index contributed by atoms with van der Waals surface area (Å²) in [6, 6.07) is -0.603. The van der Waals surface area contributed by atoms with E-state index in [2.05, 4.69) is 12.1 Å². The van der Waals surface area contributed by atoms with Crippen LogP contribution in [0.3, 0.4) is 0 Å². The molecule has 1 aliphatic heterocycles. The summed E-state index contributed by atoms with van der Waals surface area (Å²) >= 11 is 4.62. The Morgan fingerprint density at radius 3 is 2.77 bits per heavy atom. The number of ether oxygens (including phenoxy) is 1. The van der Waals surface area contributed by atoms with E-state index in [4.69, 9.17) is 9.84 Å². The first-order chi connectivity index (χ1) is 6.24. The van der Waals surface area contributed by atoms with E-state index >= 15 is 0 Å². The Balaban J connectivity index is 2.73. The fraction of sp³-hybridized carbons (Fsp3) is 0.714. The molecule has 1 saturated heterocycles. The van der Waals surface area contributed by atoms with Crippen molar-refractivity contribution in [3.63, 3.8) is 0 Å². The van der Waals surface area contributed by atoms with Crippen LogP contribution < -0.4 is 0 Å². The summed E-state index contributed by atoms with van der Waals surface area (Å²) < 4.78 is 17.1. The molecule has 3 nitrogen and oxygen atoms in total. The maximum atomic E-state index is 11.9. The summed E-state index contributed by atoms with van der Waals surface area (Å²) in [6.07, 6.45) is 1.34. The van der Waals surface area contributed by atoms with E-state index in [-0.39, 0.29) is 6.61 Å². The molecule has 1 fully saturated rings. The number of aliphatic hydroxyl groups is 2. The summed E-state index contributed by atoms with van der Waals surface area (Å²) in [5, 5.41) is 18.4. The van der Waals surface area contributed by atoms with Crippen LogP contribution >= 0.6 is 12.1 Å². The van der Waals surface area contributed by atoms with Gasteiger partial charge < -0.3 is 0 Å². The second-order valence-electron chi connectivity index (χ2n) is 2.84. The minimum absolute atomic E-state index is 0.258. The SMILES string of the molecule is OC[C@H]1O[C@@H](B=S)[C@H](O)[C@@H]1/C=C/F. The normalized spacial score (nSPS) is 39.6. The molecule has 0 amide bonds. The molecule has 0 unspecified atom stereocenters. The van der Waals surface area contributed by atoms with E-state index < -0.39 is 24.1 Å². The molecule has 1 rings (SSSR count). The predicted molar refractivity (Wildman–Crippen MR) is 48.8 cm³/mol. The number of rotatable bonds is 3. The zero-order valence-corrected chi connectivity index (χ0v) is 7.65. The third-order valence-electron chi connectivity index (χ3n) is 2.10. The van der Waals surface area contributed by atoms with Crippen LogP contribution in [0.5, 0.6) is 0 Å². The first kappa shape index (κ1) is 10.9. The van der Waals surface area contributed by atoms with Crippen molar-refractivity contribution in [1.82, 2.24) is 0 Å². The van der Waals surface area contributed by atoms with Crippen molar-refractivity contribution >= 4 is 18.2 Å². The number of hydrogen-bond acceptors (Lipinski definition) is 4. The molecule has 0 bridgehead atoms. The summed E-state index contributed by atoms with van der Waals surface area (Å²) in [4.78, 5) is 0. The van der Waals surface area contributed by atoms with Gasteiger partial charge in [0.1, 0.15) is 0 Å². The van der Waals surface area contributed by atoms with Crippen molar-refractivity contribution in [2.75, 3.05) is 6.61 Å². The van der Waals surface area contributed by atoms with Crippen LogP contribution in [0.15, 0.2) is 12.4 Å². The maximum absolute atomic E-state index is 11.9. The monoisotopic (exact) mass is 204 g/mol. The van der Waals surface area contributed by atoms with E-state index in [1.54, 1.807) is 0 Å². The van der Waals surface area contributed by atoms with Gasteiger partial charge in [0, 0.05) is 0 Å². The van der Waals surface area contributed by atoms with Gasteiger partial charge in [-0.1, -0.05) is 0 Å². The van der Waals surface area contributed by atoms with Gasteiger partial charge >= 0.3 is 80.7 Å². The molecule has 0 aliphatic carbocycles. The summed E-state index contributed by atoms with van der Waals surface area (Å²) in [7, 11) is 0. The van der Waals surface area contributed by atoms with Crippen LogP contribution in [-0.4, -0.2) is 41.2 Å². The molecule has 0 radical (unpaired) electrons. The number of hydrogen-bond donors (Lipinski definition) is 2. The zero-order chi connectivity index (χ0) is 9.84. The first-order valence-corrected chi connectivity index (χ1v) is 4.38. The van der Waals surface area contributed by atoms with Gasteiger partial charge in [0.05, 0.1) is 0 Å². The van der Waals surface area contributed by atoms with Gasteiger partial charge in [0.2, 0.25) is 0 Å². The van der Waals surface area contributed by atoms with E-state index in [1.807, 2.05) is 0 Å². The second-order valence-corrected chi connectivity index (χ2v) is 3.12. The minimum atomic E-state index is -0.873. The second kappa shape index (κ2) is 4.90. The average molecular weight is 204 g/mol. The molecule has 72 valence electrons. The molecule has 4 atom stereocenters. The Bertz CT molecular complexity index is 214. The summed E-state index contributed by atoms with van der Waals surface area (Å²) in [5.74, 6) is -0.529. The predicted octanol–water partition coefficient (Wildman–Crippen LogP) is -0.0194. The van der Waals surface area contributed by atoms with E-state index in [0.717, 1.165) is 0 Å². The molecule has 13 heavy (non-hydrogen) atoms. The van der Waals surface area contributed by atoms with Gasteiger partial charge in [-0.3, -0.25) is 0 Å². The Hall–Kier alpha value is -0.165. The Morgan fingerprint density at radius 2 is 2.31 bits per heavy atom. The standard InChI is InChI=1S/C7H10BFO3S/c9-2-1-4-5(3-10)12-7(8-13)6(4)11/h1-2,4-7,10-11H,3H2/b2-1+/t4-,5-,6-,7-/m1/s1. The third-order valence-corrected chi connectivity index (χ3v) is 2.37. The zero-order valence-electron chi connectivity index (χ0n) is 6.84. The Morgan fingerprint density at radius 1 is 1.62 bits per heavy atom. The van der Waals surface area contributed by atoms with Crippen molar-refractivity contribution in [3.05, 3.63) is 12.4 Å². The van der Waals surface area contributed by atoms with Crippen molar-refractivity contribution < 1.29 is 19.3 Å². The summed E-state index contributed by atoms with van der Waals surface area (Å²) in [6.45, 7) is -0.258. The van der Waals surface area contributed by atoms with Gasteiger partial charge in [-0.05, 0) is 0 Å². The van der Waals surface area contributed by atoms with Crippen molar-refractivity contribution in [1.29, 1.82) is 0 Å². The van der Waals surface area contributed by atoms with Gasteiger partial charge in [-0.2, -0.15) is 0 Å². The molecular formula is C7H10BFO3S. The average Bonchev–Trinajstić information content (AvgIpc) is 2.45. The van der Waals surface area contributed by atoms with Crippen LogP contribution in [0.1, 0.15) is 0 Å². The third kappa shape index (κ3) is 2.20. The number of halogens is 1. The molecule has 0 aromatic carbocycles. The molecule has 1 heterocycles. The van der Waals surface area contributed by atoms with E-state index in [1.165, 1.54) is 12.2 Å². The van der Waals surface area contributed by atoms with Crippen molar-refractivity contribution in [2.45, 2.75) is 18.2 Å². The van der Waals surface area contributed by atoms with E-state index in [9.17, 15) is 9.50 Å². The van der Waals surface area contributed by atoms with Gasteiger partial charge in [0.15, 0.2) is 0 Å². The molecule has 2 N–H and O–H groups in total. The Kier molecular flexibility index (Phi) is 4.12. The Labute approximate surface area is 81.3 Å². The van der Waals surface area contributed by atoms with Crippen LogP contribution in [0.25, 0.3) is 0 Å². The molecule has 0 spiro atoms. The molecule has 1 aliphatic rings. The number of aliphatic hydroxyl groups excluding tert-OH is 2. The molecule has 0 aromatic heterocycles. The van der Waals surface area contributed by atoms with Crippen LogP contribution in [0.4, 0.5) is 4.39 Å². The van der Waals surface area contributed by atoms with Crippen molar-refractivity contribution in [2.24, 2.45) is 5.92 Å².